The summed E-state index contributed by atoms with van der Waals surface area (Å²) in [7, 11) is 2.17. The first-order valence-corrected chi connectivity index (χ1v) is 13.7. The predicted octanol–water partition coefficient (Wildman–Crippen LogP) is 5.49. The number of nitrogens with two attached hydrogens (primary N) is 1. The number of unbranched alkanes of at least 4 members (excludes halogenated alkanes) is 1. The first-order chi connectivity index (χ1) is 18.0. The number of carbonyl (C=O) groups excluding carboxylic acids is 1. The van der Waals surface area contributed by atoms with E-state index in [9.17, 15) is 4.79 Å². The van der Waals surface area contributed by atoms with E-state index in [4.69, 9.17) is 5.73 Å². The Morgan fingerprint density at radius 2 is 1.89 bits per heavy atom. The molecule has 3 heterocycles. The van der Waals surface area contributed by atoms with Crippen LogP contribution in [0.1, 0.15) is 65.4 Å². The molecule has 0 radical (unpaired) electrons. The second-order valence-corrected chi connectivity index (χ2v) is 9.14. The molecule has 37 heavy (non-hydrogen) atoms. The summed E-state index contributed by atoms with van der Waals surface area (Å²) >= 11 is 0. The lowest BCUT2D eigenvalue weighted by atomic mass is 10.0. The van der Waals surface area contributed by atoms with E-state index in [2.05, 4.69) is 57.7 Å². The third kappa shape index (κ3) is 13.7. The zero-order chi connectivity index (χ0) is 27.3. The van der Waals surface area contributed by atoms with Gasteiger partial charge in [0, 0.05) is 18.5 Å². The van der Waals surface area contributed by atoms with Crippen LogP contribution in [0.4, 0.5) is 11.5 Å². The van der Waals surface area contributed by atoms with Crippen molar-refractivity contribution in [3.05, 3.63) is 48.3 Å². The molecule has 3 aromatic rings. The van der Waals surface area contributed by atoms with Crippen LogP contribution in [0.3, 0.4) is 0 Å². The second kappa shape index (κ2) is 20.0. The van der Waals surface area contributed by atoms with E-state index in [0.717, 1.165) is 67.3 Å². The topological polar surface area (TPSA) is 112 Å². The number of anilines is 2. The van der Waals surface area contributed by atoms with Crippen molar-refractivity contribution < 1.29 is 4.79 Å². The average Bonchev–Trinajstić information content (AvgIpc) is 3.61. The van der Waals surface area contributed by atoms with Gasteiger partial charge in [-0.1, -0.05) is 52.3 Å². The van der Waals surface area contributed by atoms with Crippen LogP contribution in [0.2, 0.25) is 0 Å². The summed E-state index contributed by atoms with van der Waals surface area (Å²) in [6.07, 6.45) is 11.5. The number of fused-ring (bicyclic) bond motifs is 1. The Hall–Kier alpha value is -3.13. The largest absolute Gasteiger partial charge is 0.384 e. The van der Waals surface area contributed by atoms with Gasteiger partial charge in [0.2, 0.25) is 6.41 Å². The van der Waals surface area contributed by atoms with Crippen LogP contribution in [0.5, 0.6) is 0 Å². The van der Waals surface area contributed by atoms with Crippen molar-refractivity contribution in [2.45, 2.75) is 66.2 Å². The molecule has 0 saturated carbocycles. The molecule has 0 bridgehead atoms. The lowest BCUT2D eigenvalue weighted by Crippen LogP contribution is -2.19. The van der Waals surface area contributed by atoms with E-state index in [1.165, 1.54) is 25.9 Å². The van der Waals surface area contributed by atoms with Crippen LogP contribution >= 0.6 is 0 Å². The summed E-state index contributed by atoms with van der Waals surface area (Å²) in [4.78, 5) is 16.7. The molecular formula is C29H49N7O. The molecule has 5 N–H and O–H groups in total. The molecule has 8 nitrogen and oxygen atoms in total. The van der Waals surface area contributed by atoms with E-state index < -0.39 is 0 Å². The number of rotatable bonds is 10. The number of nitrogens with one attached hydrogen (secondary N) is 3. The van der Waals surface area contributed by atoms with Crippen molar-refractivity contribution in [2.24, 2.45) is 5.92 Å². The lowest BCUT2D eigenvalue weighted by Gasteiger charge is -2.11. The number of amides is 1. The fourth-order valence-corrected chi connectivity index (χ4v) is 3.86. The number of para-hydroxylation sites is 1. The van der Waals surface area contributed by atoms with Crippen LogP contribution in [0.25, 0.3) is 10.9 Å². The predicted molar refractivity (Wildman–Crippen MR) is 158 cm³/mol. The van der Waals surface area contributed by atoms with Gasteiger partial charge in [0.05, 0.1) is 23.6 Å². The summed E-state index contributed by atoms with van der Waals surface area (Å²) in [5.41, 5.74) is 9.00. The highest BCUT2D eigenvalue weighted by Crippen LogP contribution is 2.15. The van der Waals surface area contributed by atoms with E-state index in [1.807, 2.05) is 44.3 Å². The first-order valence-electron chi connectivity index (χ1n) is 13.7. The number of aromatic amines is 1. The molecule has 1 fully saturated rings. The van der Waals surface area contributed by atoms with Gasteiger partial charge in [0.15, 0.2) is 0 Å². The molecule has 1 aliphatic rings. The SMILES string of the molecule is CC.CCc1cc(NCCCCC(C)CNC=O)cnc1N.CN1CCCC1.c1ccc2[nH]ncc2c1. The van der Waals surface area contributed by atoms with Crippen LogP contribution < -0.4 is 16.4 Å². The zero-order valence-corrected chi connectivity index (χ0v) is 23.6. The molecule has 1 aliphatic heterocycles. The number of aryl methyl sites for hydroxylation is 1. The molecule has 1 saturated heterocycles. The number of likely N-dealkylation sites (tertiary alicyclic amines) is 1. The van der Waals surface area contributed by atoms with Gasteiger partial charge in [-0.05, 0) is 75.9 Å². The molecule has 4 rings (SSSR count). The number of nitrogens with zero attached hydrogens (tertiary/aromatic N) is 3. The highest BCUT2D eigenvalue weighted by molar-refractivity contribution is 5.77. The minimum absolute atomic E-state index is 0.532. The molecule has 0 spiro atoms. The Morgan fingerprint density at radius 1 is 1.16 bits per heavy atom. The molecule has 0 aliphatic carbocycles. The number of H-pyrrole nitrogens is 1. The molecule has 8 heteroatoms. The summed E-state index contributed by atoms with van der Waals surface area (Å²) < 4.78 is 0. The summed E-state index contributed by atoms with van der Waals surface area (Å²) in [5, 5.41) is 14.0. The maximum atomic E-state index is 10.2. The van der Waals surface area contributed by atoms with Crippen molar-refractivity contribution in [1.29, 1.82) is 0 Å². The molecule has 1 unspecified atom stereocenters. The maximum Gasteiger partial charge on any atom is 0.207 e. The summed E-state index contributed by atoms with van der Waals surface area (Å²) in [5.74, 6) is 1.15. The molecule has 1 atom stereocenters. The number of hydrogen-bond donors (Lipinski definition) is 4. The number of pyridine rings is 1. The van der Waals surface area contributed by atoms with Crippen LogP contribution in [-0.2, 0) is 11.2 Å². The van der Waals surface area contributed by atoms with Gasteiger partial charge in [-0.15, -0.1) is 0 Å². The van der Waals surface area contributed by atoms with Crippen LogP contribution in [0, 0.1) is 5.92 Å². The van der Waals surface area contributed by atoms with Crippen molar-refractivity contribution in [1.82, 2.24) is 25.4 Å². The summed E-state index contributed by atoms with van der Waals surface area (Å²) in [6, 6.07) is 10.1. The Morgan fingerprint density at radius 3 is 2.51 bits per heavy atom. The molecule has 206 valence electrons. The van der Waals surface area contributed by atoms with E-state index in [0.29, 0.717) is 11.7 Å². The average molecular weight is 512 g/mol. The van der Waals surface area contributed by atoms with E-state index >= 15 is 0 Å². The number of carbonyl (C=O) groups is 1. The first kappa shape index (κ1) is 31.9. The Balaban J connectivity index is 0.000000325. The third-order valence-electron chi connectivity index (χ3n) is 6.06. The third-order valence-corrected chi connectivity index (χ3v) is 6.06. The molecule has 1 amide bonds. The molecule has 2 aromatic heterocycles. The van der Waals surface area contributed by atoms with Crippen LogP contribution in [-0.4, -0.2) is 59.7 Å². The highest BCUT2D eigenvalue weighted by atomic mass is 16.1. The van der Waals surface area contributed by atoms with Crippen molar-refractivity contribution in [3.63, 3.8) is 0 Å². The van der Waals surface area contributed by atoms with E-state index in [-0.39, 0.29) is 0 Å². The van der Waals surface area contributed by atoms with Gasteiger partial charge in [-0.2, -0.15) is 5.10 Å². The van der Waals surface area contributed by atoms with Crippen molar-refractivity contribution in [2.75, 3.05) is 44.3 Å². The maximum absolute atomic E-state index is 10.2. The minimum Gasteiger partial charge on any atom is -0.384 e. The lowest BCUT2D eigenvalue weighted by molar-refractivity contribution is -0.109. The van der Waals surface area contributed by atoms with E-state index in [1.54, 1.807) is 6.20 Å². The summed E-state index contributed by atoms with van der Waals surface area (Å²) in [6.45, 7) is 12.6. The van der Waals surface area contributed by atoms with Crippen molar-refractivity contribution >= 4 is 28.8 Å². The van der Waals surface area contributed by atoms with Gasteiger partial charge in [0.25, 0.3) is 0 Å². The second-order valence-electron chi connectivity index (χ2n) is 9.14. The van der Waals surface area contributed by atoms with Crippen LogP contribution in [0.15, 0.2) is 42.7 Å². The quantitative estimate of drug-likeness (QED) is 0.211. The van der Waals surface area contributed by atoms with Gasteiger partial charge in [0.1, 0.15) is 5.82 Å². The standard InChI is InChI=1S/C15H26N4O.C7H6N2.C5H11N.C2H6/c1-3-13-8-14(10-19-15(13)16)18-7-5-4-6-12(2)9-17-11-20;1-2-4-7-6(3-1)5-8-9-7;1-6-4-2-3-5-6;1-2/h8,10-12,18H,3-7,9H2,1-2H3,(H2,16,19)(H,17,20);1-5H,(H,8,9);2-5H2,1H3;1-2H3. The van der Waals surface area contributed by atoms with Crippen molar-refractivity contribution in [3.8, 4) is 0 Å². The fourth-order valence-electron chi connectivity index (χ4n) is 3.86. The van der Waals surface area contributed by atoms with Gasteiger partial charge in [-0.25, -0.2) is 4.98 Å². The number of nitrogen functional groups attached to an aromatic ring is 1. The number of aromatic nitrogens is 3. The van der Waals surface area contributed by atoms with Gasteiger partial charge in [-0.3, -0.25) is 9.89 Å². The molecular weight excluding hydrogens is 462 g/mol. The monoisotopic (exact) mass is 511 g/mol. The Bertz CT molecular complexity index is 940. The smallest absolute Gasteiger partial charge is 0.207 e. The highest BCUT2D eigenvalue weighted by Gasteiger charge is 2.04. The van der Waals surface area contributed by atoms with Gasteiger partial charge < -0.3 is 21.3 Å². The minimum atomic E-state index is 0.532. The molecule has 1 aromatic carbocycles. The van der Waals surface area contributed by atoms with Gasteiger partial charge >= 0.3 is 0 Å². The number of hydrogen-bond acceptors (Lipinski definition) is 6. The number of benzene rings is 1. The Kier molecular flexibility index (Phi) is 17.2. The Labute approximate surface area is 223 Å². The zero-order valence-electron chi connectivity index (χ0n) is 23.6. The normalized spacial score (nSPS) is 13.2. The fraction of sp³-hybridized carbons (Fsp3) is 0.552.